The number of nitrogens with one attached hydrogen (secondary N) is 1. The largest absolute Gasteiger partial charge is 0.444 e. The van der Waals surface area contributed by atoms with Crippen LogP contribution in [0.3, 0.4) is 0 Å². The van der Waals surface area contributed by atoms with Gasteiger partial charge in [0.2, 0.25) is 0 Å². The molecule has 2 rings (SSSR count). The van der Waals surface area contributed by atoms with E-state index in [9.17, 15) is 4.79 Å². The van der Waals surface area contributed by atoms with Crippen molar-refractivity contribution in [2.45, 2.75) is 72.4 Å². The van der Waals surface area contributed by atoms with E-state index in [1.165, 1.54) is 9.75 Å². The Kier molecular flexibility index (Phi) is 6.92. The first-order valence-electron chi connectivity index (χ1n) is 9.53. The number of thiophene rings is 1. The smallest absolute Gasteiger partial charge is 0.410 e. The molecule has 1 amide bonds. The number of likely N-dealkylation sites (tertiary alicyclic amines) is 1. The number of amides is 1. The molecule has 25 heavy (non-hydrogen) atoms. The zero-order valence-electron chi connectivity index (χ0n) is 16.5. The highest BCUT2D eigenvalue weighted by Crippen LogP contribution is 2.35. The van der Waals surface area contributed by atoms with Crippen LogP contribution in [-0.2, 0) is 17.7 Å². The molecule has 0 bridgehead atoms. The predicted octanol–water partition coefficient (Wildman–Crippen LogP) is 4.83. The number of carbonyl (C=O) groups excluding carboxylic acids is 1. The molecule has 0 radical (unpaired) electrons. The van der Waals surface area contributed by atoms with Gasteiger partial charge in [-0.05, 0) is 64.0 Å². The molecule has 0 aliphatic carbocycles. The van der Waals surface area contributed by atoms with Crippen molar-refractivity contribution in [2.75, 3.05) is 19.6 Å². The van der Waals surface area contributed by atoms with Crippen LogP contribution >= 0.6 is 11.3 Å². The van der Waals surface area contributed by atoms with Gasteiger partial charge >= 0.3 is 6.09 Å². The first kappa shape index (κ1) is 20.2. The summed E-state index contributed by atoms with van der Waals surface area (Å²) in [5, 5.41) is 3.66. The van der Waals surface area contributed by atoms with Gasteiger partial charge in [-0.2, -0.15) is 0 Å². The van der Waals surface area contributed by atoms with Gasteiger partial charge in [0.05, 0.1) is 0 Å². The third-order valence-electron chi connectivity index (χ3n) is 5.09. The normalized spacial score (nSPS) is 17.6. The summed E-state index contributed by atoms with van der Waals surface area (Å²) < 4.78 is 5.50. The lowest BCUT2D eigenvalue weighted by Gasteiger charge is -2.41. The molecule has 2 heterocycles. The SMILES string of the molecule is CCc1ccc(CNCC2(CC)CCN(C(=O)OC(C)(C)C)CC2)s1. The lowest BCUT2D eigenvalue weighted by Crippen LogP contribution is -2.48. The molecule has 1 aliphatic heterocycles. The van der Waals surface area contributed by atoms with Gasteiger partial charge in [0.25, 0.3) is 0 Å². The van der Waals surface area contributed by atoms with E-state index in [1.54, 1.807) is 0 Å². The second-order valence-corrected chi connectivity index (χ2v) is 9.40. The van der Waals surface area contributed by atoms with Gasteiger partial charge in [-0.3, -0.25) is 0 Å². The summed E-state index contributed by atoms with van der Waals surface area (Å²) in [6, 6.07) is 4.47. The average molecular weight is 367 g/mol. The maximum atomic E-state index is 12.2. The van der Waals surface area contributed by atoms with Crippen LogP contribution in [0.15, 0.2) is 12.1 Å². The second kappa shape index (κ2) is 8.54. The van der Waals surface area contributed by atoms with Gasteiger partial charge in [0.1, 0.15) is 5.60 Å². The highest BCUT2D eigenvalue weighted by Gasteiger charge is 2.35. The minimum Gasteiger partial charge on any atom is -0.444 e. The Morgan fingerprint density at radius 3 is 2.40 bits per heavy atom. The quantitative estimate of drug-likeness (QED) is 0.784. The Hall–Kier alpha value is -1.07. The van der Waals surface area contributed by atoms with Crippen molar-refractivity contribution in [2.24, 2.45) is 5.41 Å². The lowest BCUT2D eigenvalue weighted by molar-refractivity contribution is 0.00943. The number of nitrogens with zero attached hydrogens (tertiary/aromatic N) is 1. The molecule has 1 saturated heterocycles. The summed E-state index contributed by atoms with van der Waals surface area (Å²) in [5.74, 6) is 0. The van der Waals surface area contributed by atoms with E-state index in [4.69, 9.17) is 4.74 Å². The van der Waals surface area contributed by atoms with Gasteiger partial charge in [0.15, 0.2) is 0 Å². The molecule has 1 aromatic rings. The zero-order valence-corrected chi connectivity index (χ0v) is 17.3. The zero-order chi connectivity index (χ0) is 18.5. The number of rotatable bonds is 6. The summed E-state index contributed by atoms with van der Waals surface area (Å²) in [6.07, 6.45) is 4.17. The molecule has 142 valence electrons. The fourth-order valence-electron chi connectivity index (χ4n) is 3.30. The maximum absolute atomic E-state index is 12.2. The summed E-state index contributed by atoms with van der Waals surface area (Å²) in [6.45, 7) is 13.8. The van der Waals surface area contributed by atoms with Crippen molar-refractivity contribution in [3.8, 4) is 0 Å². The van der Waals surface area contributed by atoms with Gasteiger partial charge in [0, 0.05) is 35.9 Å². The van der Waals surface area contributed by atoms with E-state index in [-0.39, 0.29) is 6.09 Å². The molecule has 1 aliphatic rings. The molecular weight excluding hydrogens is 332 g/mol. The molecule has 0 aromatic carbocycles. The fraction of sp³-hybridized carbons (Fsp3) is 0.750. The molecule has 0 atom stereocenters. The second-order valence-electron chi connectivity index (χ2n) is 8.15. The molecule has 4 nitrogen and oxygen atoms in total. The van der Waals surface area contributed by atoms with Gasteiger partial charge < -0.3 is 15.0 Å². The summed E-state index contributed by atoms with van der Waals surface area (Å²) in [7, 11) is 0. The number of hydrogen-bond acceptors (Lipinski definition) is 4. The van der Waals surface area contributed by atoms with E-state index in [0.29, 0.717) is 5.41 Å². The molecule has 0 saturated carbocycles. The first-order valence-corrected chi connectivity index (χ1v) is 10.3. The van der Waals surface area contributed by atoms with Gasteiger partial charge in [-0.15, -0.1) is 11.3 Å². The topological polar surface area (TPSA) is 41.6 Å². The van der Waals surface area contributed by atoms with Gasteiger partial charge in [-0.25, -0.2) is 4.79 Å². The molecule has 0 unspecified atom stereocenters. The van der Waals surface area contributed by atoms with Crippen molar-refractivity contribution in [1.82, 2.24) is 10.2 Å². The Morgan fingerprint density at radius 2 is 1.88 bits per heavy atom. The molecule has 5 heteroatoms. The van der Waals surface area contributed by atoms with E-state index in [2.05, 4.69) is 31.3 Å². The van der Waals surface area contributed by atoms with Crippen molar-refractivity contribution >= 4 is 17.4 Å². The third kappa shape index (κ3) is 6.00. The minimum absolute atomic E-state index is 0.171. The number of aryl methyl sites for hydroxylation is 1. The average Bonchev–Trinajstić information content (AvgIpc) is 3.02. The van der Waals surface area contributed by atoms with Crippen LogP contribution < -0.4 is 5.32 Å². The van der Waals surface area contributed by atoms with Crippen LogP contribution in [-0.4, -0.2) is 36.2 Å². The summed E-state index contributed by atoms with van der Waals surface area (Å²) >= 11 is 1.90. The van der Waals surface area contributed by atoms with E-state index in [0.717, 1.165) is 51.9 Å². The highest BCUT2D eigenvalue weighted by atomic mass is 32.1. The minimum atomic E-state index is -0.421. The Labute approximate surface area is 156 Å². The number of ether oxygens (including phenoxy) is 1. The summed E-state index contributed by atoms with van der Waals surface area (Å²) in [5.41, 5.74) is -0.126. The third-order valence-corrected chi connectivity index (χ3v) is 6.32. The fourth-order valence-corrected chi connectivity index (χ4v) is 4.23. The first-order chi connectivity index (χ1) is 11.8. The Bertz CT molecular complexity index is 554. The van der Waals surface area contributed by atoms with Crippen LogP contribution in [0.1, 0.15) is 63.6 Å². The van der Waals surface area contributed by atoms with Crippen LogP contribution in [0.2, 0.25) is 0 Å². The maximum Gasteiger partial charge on any atom is 0.410 e. The van der Waals surface area contributed by atoms with Crippen LogP contribution in [0.25, 0.3) is 0 Å². The lowest BCUT2D eigenvalue weighted by atomic mass is 9.76. The summed E-state index contributed by atoms with van der Waals surface area (Å²) in [4.78, 5) is 17.0. The highest BCUT2D eigenvalue weighted by molar-refractivity contribution is 7.11. The predicted molar refractivity (Wildman–Crippen MR) is 105 cm³/mol. The van der Waals surface area contributed by atoms with Gasteiger partial charge in [-0.1, -0.05) is 13.8 Å². The van der Waals surface area contributed by atoms with Crippen LogP contribution in [0.4, 0.5) is 4.79 Å². The van der Waals surface area contributed by atoms with E-state index >= 15 is 0 Å². The van der Waals surface area contributed by atoms with Crippen molar-refractivity contribution in [1.29, 1.82) is 0 Å². The molecule has 1 fully saturated rings. The molecule has 1 N–H and O–H groups in total. The van der Waals surface area contributed by atoms with Crippen molar-refractivity contribution in [3.05, 3.63) is 21.9 Å². The number of hydrogen-bond donors (Lipinski definition) is 1. The van der Waals surface area contributed by atoms with Crippen molar-refractivity contribution < 1.29 is 9.53 Å². The van der Waals surface area contributed by atoms with E-state index in [1.807, 2.05) is 37.0 Å². The van der Waals surface area contributed by atoms with E-state index < -0.39 is 5.60 Å². The van der Waals surface area contributed by atoms with Crippen molar-refractivity contribution in [3.63, 3.8) is 0 Å². The number of carbonyl (C=O) groups is 1. The standard InChI is InChI=1S/C20H34N2O2S/c1-6-16-8-9-17(25-16)14-21-15-20(7-2)10-12-22(13-11-20)18(23)24-19(3,4)5/h8-9,21H,6-7,10-15H2,1-5H3. The van der Waals surface area contributed by atoms with Crippen LogP contribution in [0.5, 0.6) is 0 Å². The monoisotopic (exact) mass is 366 g/mol. The molecular formula is C20H34N2O2S. The number of piperidine rings is 1. The molecule has 0 spiro atoms. The Balaban J connectivity index is 1.81. The molecule has 1 aromatic heterocycles. The van der Waals surface area contributed by atoms with Crippen LogP contribution in [0, 0.1) is 5.41 Å². The Morgan fingerprint density at radius 1 is 1.24 bits per heavy atom.